The zero-order valence-corrected chi connectivity index (χ0v) is 17.3. The maximum Gasteiger partial charge on any atom is 1.00 e. The first kappa shape index (κ1) is 25.1. The minimum atomic E-state index is -4.11. The molecule has 0 saturated carbocycles. The first-order valence-corrected chi connectivity index (χ1v) is 9.71. The molecule has 0 aromatic heterocycles. The molecule has 0 amide bonds. The van der Waals surface area contributed by atoms with E-state index in [0.29, 0.717) is 0 Å². The summed E-state index contributed by atoms with van der Waals surface area (Å²) in [5.74, 6) is -0.550. The molecule has 7 heteroatoms. The second-order valence-electron chi connectivity index (χ2n) is 5.76. The Kier molecular flexibility index (Phi) is 17.5. The molecule has 0 aliphatic heterocycles. The van der Waals surface area contributed by atoms with Gasteiger partial charge >= 0.3 is 29.6 Å². The minimum absolute atomic E-state index is 0. The van der Waals surface area contributed by atoms with Crippen molar-refractivity contribution in [3.05, 3.63) is 0 Å². The molecule has 0 saturated heterocycles. The molecule has 0 aliphatic carbocycles. The van der Waals surface area contributed by atoms with Gasteiger partial charge in [-0.15, -0.1) is 0 Å². The van der Waals surface area contributed by atoms with Crippen LogP contribution in [0.25, 0.3) is 0 Å². The molecule has 5 nitrogen and oxygen atoms in total. The first-order valence-electron chi connectivity index (χ1n) is 8.10. The zero-order chi connectivity index (χ0) is 16.1. The van der Waals surface area contributed by atoms with Crippen LogP contribution in [0.5, 0.6) is 0 Å². The molecule has 0 aromatic rings. The van der Waals surface area contributed by atoms with Gasteiger partial charge in [0, 0.05) is 0 Å². The summed E-state index contributed by atoms with van der Waals surface area (Å²) >= 11 is 0. The van der Waals surface area contributed by atoms with Gasteiger partial charge in [0.25, 0.3) is 10.1 Å². The van der Waals surface area contributed by atoms with Gasteiger partial charge in [-0.3, -0.25) is 4.55 Å². The molecule has 2 atom stereocenters. The van der Waals surface area contributed by atoms with Crippen LogP contribution in [-0.4, -0.2) is 42.6 Å². The molecular formula is C15H33NaO5S. The minimum Gasteiger partial charge on any atom is -1.00 e. The third kappa shape index (κ3) is 17.2. The standard InChI is InChI=1S/C15H32O5S.Na.H/c1-3-4-5-6-7-8-9-10-11-14(2)20-15(12-16)13-21(17,18)19;;/h14-16H,3-13H2,1-2H3,(H,17,18,19);;/q;+1;-1. The number of aliphatic hydroxyl groups is 1. The third-order valence-electron chi connectivity index (χ3n) is 3.49. The molecule has 0 fully saturated rings. The second-order valence-corrected chi connectivity index (χ2v) is 7.26. The average molecular weight is 348 g/mol. The SMILES string of the molecule is CCCCCCCCCCC(C)OC(CO)CS(=O)(=O)O.[H-].[Na+]. The molecule has 0 heterocycles. The number of rotatable bonds is 14. The molecule has 2 unspecified atom stereocenters. The van der Waals surface area contributed by atoms with E-state index in [4.69, 9.17) is 14.4 Å². The maximum atomic E-state index is 10.8. The van der Waals surface area contributed by atoms with Gasteiger partial charge in [0.15, 0.2) is 0 Å². The van der Waals surface area contributed by atoms with Crippen molar-refractivity contribution in [3.63, 3.8) is 0 Å². The van der Waals surface area contributed by atoms with E-state index in [-0.39, 0.29) is 37.1 Å². The maximum absolute atomic E-state index is 10.8. The van der Waals surface area contributed by atoms with Gasteiger partial charge in [-0.1, -0.05) is 58.3 Å². The van der Waals surface area contributed by atoms with E-state index in [1.54, 1.807) is 0 Å². The van der Waals surface area contributed by atoms with E-state index in [1.807, 2.05) is 6.92 Å². The molecule has 0 spiro atoms. The summed E-state index contributed by atoms with van der Waals surface area (Å²) in [4.78, 5) is 0. The van der Waals surface area contributed by atoms with Crippen molar-refractivity contribution in [3.8, 4) is 0 Å². The van der Waals surface area contributed by atoms with Crippen molar-refractivity contribution in [2.24, 2.45) is 0 Å². The molecule has 130 valence electrons. The van der Waals surface area contributed by atoms with Crippen LogP contribution in [0.15, 0.2) is 0 Å². The Morgan fingerprint density at radius 3 is 2.00 bits per heavy atom. The fourth-order valence-electron chi connectivity index (χ4n) is 2.33. The van der Waals surface area contributed by atoms with Crippen LogP contribution >= 0.6 is 0 Å². The van der Waals surface area contributed by atoms with Gasteiger partial charge in [0.1, 0.15) is 5.75 Å². The smallest absolute Gasteiger partial charge is 1.00 e. The van der Waals surface area contributed by atoms with Gasteiger partial charge < -0.3 is 11.3 Å². The predicted octanol–water partition coefficient (Wildman–Crippen LogP) is 0.288. The van der Waals surface area contributed by atoms with Crippen LogP contribution < -0.4 is 29.6 Å². The van der Waals surface area contributed by atoms with E-state index in [1.165, 1.54) is 38.5 Å². The monoisotopic (exact) mass is 348 g/mol. The Bertz CT molecular complexity index is 341. The fraction of sp³-hybridized carbons (Fsp3) is 1.00. The fourth-order valence-corrected chi connectivity index (χ4v) is 2.99. The van der Waals surface area contributed by atoms with Gasteiger partial charge in [0.2, 0.25) is 0 Å². The van der Waals surface area contributed by atoms with Crippen molar-refractivity contribution in [2.75, 3.05) is 12.4 Å². The van der Waals surface area contributed by atoms with E-state index in [9.17, 15) is 8.42 Å². The summed E-state index contributed by atoms with van der Waals surface area (Å²) < 4.78 is 35.7. The summed E-state index contributed by atoms with van der Waals surface area (Å²) in [6, 6.07) is 0. The Labute approximate surface area is 159 Å². The Hall–Kier alpha value is 0.830. The van der Waals surface area contributed by atoms with Crippen molar-refractivity contribution in [2.45, 2.75) is 83.8 Å². The molecule has 2 N–H and O–H groups in total. The topological polar surface area (TPSA) is 83.8 Å². The van der Waals surface area contributed by atoms with Gasteiger partial charge in [-0.05, 0) is 13.3 Å². The van der Waals surface area contributed by atoms with Gasteiger partial charge in [0.05, 0.1) is 18.8 Å². The molecular weight excluding hydrogens is 315 g/mol. The Balaban J connectivity index is -0.00000200. The largest absolute Gasteiger partial charge is 1.00 e. The molecule has 22 heavy (non-hydrogen) atoms. The number of hydrogen-bond donors (Lipinski definition) is 2. The zero-order valence-electron chi connectivity index (χ0n) is 15.5. The summed E-state index contributed by atoms with van der Waals surface area (Å²) in [5, 5.41) is 9.05. The summed E-state index contributed by atoms with van der Waals surface area (Å²) in [5.41, 5.74) is 0. The molecule has 0 aromatic carbocycles. The van der Waals surface area contributed by atoms with E-state index >= 15 is 0 Å². The summed E-state index contributed by atoms with van der Waals surface area (Å²) in [6.45, 7) is 3.68. The molecule has 0 aliphatic rings. The molecule has 0 rings (SSSR count). The van der Waals surface area contributed by atoms with Gasteiger partial charge in [-0.2, -0.15) is 8.42 Å². The predicted molar refractivity (Wildman–Crippen MR) is 86.2 cm³/mol. The van der Waals surface area contributed by atoms with Crippen molar-refractivity contribution in [1.29, 1.82) is 0 Å². The number of hydrogen-bond acceptors (Lipinski definition) is 4. The summed E-state index contributed by atoms with van der Waals surface area (Å²) in [7, 11) is -4.11. The van der Waals surface area contributed by atoms with Crippen LogP contribution in [0.1, 0.15) is 73.1 Å². The number of ether oxygens (including phenoxy) is 1. The Morgan fingerprint density at radius 2 is 1.55 bits per heavy atom. The van der Waals surface area contributed by atoms with Crippen molar-refractivity contribution >= 4 is 10.1 Å². The van der Waals surface area contributed by atoms with Crippen molar-refractivity contribution in [1.82, 2.24) is 0 Å². The van der Waals surface area contributed by atoms with Crippen LogP contribution in [0, 0.1) is 0 Å². The van der Waals surface area contributed by atoms with E-state index < -0.39 is 28.6 Å². The van der Waals surface area contributed by atoms with Gasteiger partial charge in [-0.25, -0.2) is 0 Å². The third-order valence-corrected chi connectivity index (χ3v) is 4.28. The van der Waals surface area contributed by atoms with Crippen LogP contribution in [0.2, 0.25) is 0 Å². The van der Waals surface area contributed by atoms with Crippen LogP contribution in [0.4, 0.5) is 0 Å². The number of aliphatic hydroxyl groups excluding tert-OH is 1. The summed E-state index contributed by atoms with van der Waals surface area (Å²) in [6.07, 6.45) is 9.81. The molecule has 0 bridgehead atoms. The average Bonchev–Trinajstić information content (AvgIpc) is 2.39. The van der Waals surface area contributed by atoms with E-state index in [2.05, 4.69) is 6.92 Å². The second kappa shape index (κ2) is 15.4. The first-order chi connectivity index (χ1) is 9.89. The van der Waals surface area contributed by atoms with E-state index in [0.717, 1.165) is 19.3 Å². The Morgan fingerprint density at radius 1 is 1.05 bits per heavy atom. The quantitative estimate of drug-likeness (QED) is 0.268. The normalized spacial score (nSPS) is 14.4. The molecule has 0 radical (unpaired) electrons. The van der Waals surface area contributed by atoms with Crippen molar-refractivity contribution < 1.29 is 53.8 Å². The van der Waals surface area contributed by atoms with Crippen LogP contribution in [0.3, 0.4) is 0 Å². The number of unbranched alkanes of at least 4 members (excludes halogenated alkanes) is 7. The van der Waals surface area contributed by atoms with Crippen LogP contribution in [-0.2, 0) is 14.9 Å².